The van der Waals surface area contributed by atoms with Gasteiger partial charge < -0.3 is 11.1 Å². The maximum absolute atomic E-state index is 10.3. The van der Waals surface area contributed by atoms with Crippen molar-refractivity contribution in [1.82, 2.24) is 0 Å². The highest BCUT2D eigenvalue weighted by Crippen LogP contribution is 2.22. The predicted molar refractivity (Wildman–Crippen MR) is 102 cm³/mol. The second kappa shape index (κ2) is 7.29. The van der Waals surface area contributed by atoms with Crippen LogP contribution in [0.2, 0.25) is 0 Å². The Morgan fingerprint density at radius 2 is 1.21 bits per heavy atom. The van der Waals surface area contributed by atoms with E-state index in [1.54, 1.807) is 0 Å². The van der Waals surface area contributed by atoms with Crippen molar-refractivity contribution in [2.45, 2.75) is 0 Å². The highest BCUT2D eigenvalue weighted by atomic mass is 16.1. The Morgan fingerprint density at radius 1 is 0.667 bits per heavy atom. The molecule has 4 aromatic rings. The largest absolute Gasteiger partial charge is 0.398 e. The molecule has 0 atom stereocenters. The quantitative estimate of drug-likeness (QED) is 0.411. The molecular weight excluding hydrogens is 296 g/mol. The minimum atomic E-state index is 0.696. The van der Waals surface area contributed by atoms with E-state index in [4.69, 9.17) is 5.73 Å². The lowest BCUT2D eigenvalue weighted by Gasteiger charge is -2.03. The van der Waals surface area contributed by atoms with Gasteiger partial charge in [-0.2, -0.15) is 0 Å². The summed E-state index contributed by atoms with van der Waals surface area (Å²) in [6, 6.07) is 27.8. The molecule has 4 rings (SSSR count). The van der Waals surface area contributed by atoms with E-state index < -0.39 is 0 Å². The normalized spacial score (nSPS) is 10.0. The summed E-state index contributed by atoms with van der Waals surface area (Å²) in [5.41, 5.74) is 7.46. The summed E-state index contributed by atoms with van der Waals surface area (Å²) in [5, 5.41) is 7.21. The van der Waals surface area contributed by atoms with Gasteiger partial charge in [-0.25, -0.2) is 0 Å². The molecule has 3 nitrogen and oxygen atoms in total. The first-order chi connectivity index (χ1) is 11.8. The molecule has 0 unspecified atom stereocenters. The molecule has 0 aliphatic rings. The maximum Gasteiger partial charge on any atom is 0.211 e. The van der Waals surface area contributed by atoms with Crippen LogP contribution in [-0.4, -0.2) is 6.41 Å². The van der Waals surface area contributed by atoms with Gasteiger partial charge in [-0.15, -0.1) is 0 Å². The van der Waals surface area contributed by atoms with Crippen LogP contribution in [0.5, 0.6) is 0 Å². The number of carbonyl (C=O) groups is 1. The van der Waals surface area contributed by atoms with E-state index in [0.29, 0.717) is 6.41 Å². The summed E-state index contributed by atoms with van der Waals surface area (Å²) in [6.07, 6.45) is 0.696. The molecular formula is C21H18N2O. The average Bonchev–Trinajstić information content (AvgIpc) is 2.63. The molecule has 24 heavy (non-hydrogen) atoms. The lowest BCUT2D eigenvalue weighted by atomic mass is 10.1. The second-order valence-corrected chi connectivity index (χ2v) is 5.36. The van der Waals surface area contributed by atoms with Crippen molar-refractivity contribution in [3.63, 3.8) is 0 Å². The molecule has 1 amide bonds. The molecule has 0 aromatic heterocycles. The number of nitrogens with two attached hydrogens (primary N) is 1. The zero-order valence-corrected chi connectivity index (χ0v) is 13.1. The Labute approximate surface area is 140 Å². The summed E-state index contributed by atoms with van der Waals surface area (Å²) in [5.74, 6) is 0. The first-order valence-electron chi connectivity index (χ1n) is 7.71. The van der Waals surface area contributed by atoms with E-state index in [1.807, 2.05) is 72.8 Å². The van der Waals surface area contributed by atoms with Crippen LogP contribution in [-0.2, 0) is 4.79 Å². The van der Waals surface area contributed by atoms with Crippen molar-refractivity contribution < 1.29 is 4.79 Å². The van der Waals surface area contributed by atoms with Crippen molar-refractivity contribution in [3.8, 4) is 0 Å². The second-order valence-electron chi connectivity index (χ2n) is 5.36. The Bertz CT molecular complexity index is 969. The number of rotatable bonds is 2. The first kappa shape index (κ1) is 15.6. The zero-order chi connectivity index (χ0) is 16.8. The lowest BCUT2D eigenvalue weighted by molar-refractivity contribution is -0.105. The molecule has 3 N–H and O–H groups in total. The molecule has 118 valence electrons. The Kier molecular flexibility index (Phi) is 4.73. The van der Waals surface area contributed by atoms with Gasteiger partial charge >= 0.3 is 0 Å². The molecule has 0 saturated carbocycles. The van der Waals surface area contributed by atoms with Gasteiger partial charge in [0.05, 0.1) is 0 Å². The highest BCUT2D eigenvalue weighted by Gasteiger charge is 1.97. The fourth-order valence-corrected chi connectivity index (χ4v) is 2.67. The van der Waals surface area contributed by atoms with E-state index in [0.717, 1.165) is 27.5 Å². The Morgan fingerprint density at radius 3 is 1.88 bits per heavy atom. The number of benzene rings is 4. The van der Waals surface area contributed by atoms with Crippen molar-refractivity contribution in [3.05, 3.63) is 84.9 Å². The smallest absolute Gasteiger partial charge is 0.211 e. The summed E-state index contributed by atoms with van der Waals surface area (Å²) in [7, 11) is 0. The lowest BCUT2D eigenvalue weighted by Crippen LogP contribution is -1.93. The van der Waals surface area contributed by atoms with Gasteiger partial charge in [-0.1, -0.05) is 72.8 Å². The summed E-state index contributed by atoms with van der Waals surface area (Å²) >= 11 is 0. The topological polar surface area (TPSA) is 55.1 Å². The fraction of sp³-hybridized carbons (Fsp3) is 0. The van der Waals surface area contributed by atoms with Crippen LogP contribution < -0.4 is 11.1 Å². The number of nitrogens with one attached hydrogen (secondary N) is 1. The number of hydrogen-bond donors (Lipinski definition) is 2. The first-order valence-corrected chi connectivity index (χ1v) is 7.71. The third kappa shape index (κ3) is 3.36. The van der Waals surface area contributed by atoms with Gasteiger partial charge in [-0.05, 0) is 22.9 Å². The van der Waals surface area contributed by atoms with Crippen molar-refractivity contribution >= 4 is 39.3 Å². The standard InChI is InChI=1S/C11H9NO.C10H9N/c13-8-12-11-7-3-5-9-4-1-2-6-10(9)11;11-10-7-3-5-8-4-1-2-6-9(8)10/h1-8H,(H,12,13);1-7H,11H2. The number of anilines is 2. The van der Waals surface area contributed by atoms with Crippen LogP contribution in [0, 0.1) is 0 Å². The molecule has 0 aliphatic carbocycles. The molecule has 0 fully saturated rings. The van der Waals surface area contributed by atoms with E-state index in [1.165, 1.54) is 5.39 Å². The van der Waals surface area contributed by atoms with Crippen LogP contribution in [0.3, 0.4) is 0 Å². The predicted octanol–water partition coefficient (Wildman–Crippen LogP) is 4.83. The highest BCUT2D eigenvalue weighted by molar-refractivity contribution is 5.97. The molecule has 0 aliphatic heterocycles. The van der Waals surface area contributed by atoms with Gasteiger partial charge in [0.1, 0.15) is 0 Å². The molecule has 3 heteroatoms. The fourth-order valence-electron chi connectivity index (χ4n) is 2.67. The van der Waals surface area contributed by atoms with Crippen molar-refractivity contribution in [2.75, 3.05) is 11.1 Å². The Balaban J connectivity index is 0.000000143. The molecule has 0 heterocycles. The minimum absolute atomic E-state index is 0.696. The number of nitrogen functional groups attached to an aromatic ring is 1. The summed E-state index contributed by atoms with van der Waals surface area (Å²) in [6.45, 7) is 0. The monoisotopic (exact) mass is 314 g/mol. The molecule has 4 aromatic carbocycles. The number of fused-ring (bicyclic) bond motifs is 2. The van der Waals surface area contributed by atoms with E-state index in [2.05, 4.69) is 17.4 Å². The zero-order valence-electron chi connectivity index (χ0n) is 13.1. The van der Waals surface area contributed by atoms with Gasteiger partial charge in [-0.3, -0.25) is 4.79 Å². The van der Waals surface area contributed by atoms with Crippen LogP contribution in [0.1, 0.15) is 0 Å². The molecule has 0 bridgehead atoms. The van der Waals surface area contributed by atoms with Crippen LogP contribution in [0.4, 0.5) is 11.4 Å². The number of amides is 1. The average molecular weight is 314 g/mol. The van der Waals surface area contributed by atoms with Crippen LogP contribution >= 0.6 is 0 Å². The number of hydrogen-bond acceptors (Lipinski definition) is 2. The van der Waals surface area contributed by atoms with Gasteiger partial charge in [0.15, 0.2) is 0 Å². The summed E-state index contributed by atoms with van der Waals surface area (Å²) < 4.78 is 0. The van der Waals surface area contributed by atoms with Gasteiger partial charge in [0.2, 0.25) is 6.41 Å². The Hall–Kier alpha value is -3.33. The minimum Gasteiger partial charge on any atom is -0.398 e. The third-order valence-corrected chi connectivity index (χ3v) is 3.83. The van der Waals surface area contributed by atoms with E-state index in [-0.39, 0.29) is 0 Å². The van der Waals surface area contributed by atoms with Gasteiger partial charge in [0.25, 0.3) is 0 Å². The third-order valence-electron chi connectivity index (χ3n) is 3.83. The summed E-state index contributed by atoms with van der Waals surface area (Å²) in [4.78, 5) is 10.3. The number of carbonyl (C=O) groups excluding carboxylic acids is 1. The van der Waals surface area contributed by atoms with Crippen LogP contribution in [0.25, 0.3) is 21.5 Å². The van der Waals surface area contributed by atoms with Crippen molar-refractivity contribution in [1.29, 1.82) is 0 Å². The molecule has 0 radical (unpaired) electrons. The molecule has 0 spiro atoms. The van der Waals surface area contributed by atoms with Gasteiger partial charge in [0, 0.05) is 22.1 Å². The van der Waals surface area contributed by atoms with E-state index in [9.17, 15) is 4.79 Å². The molecule has 0 saturated heterocycles. The SMILES string of the molecule is Nc1cccc2ccccc12.O=CNc1cccc2ccccc12. The van der Waals surface area contributed by atoms with Crippen molar-refractivity contribution in [2.24, 2.45) is 0 Å². The van der Waals surface area contributed by atoms with E-state index >= 15 is 0 Å². The maximum atomic E-state index is 10.3. The van der Waals surface area contributed by atoms with Crippen LogP contribution in [0.15, 0.2) is 84.9 Å².